The predicted molar refractivity (Wildman–Crippen MR) is 85.4 cm³/mol. The van der Waals surface area contributed by atoms with E-state index in [-0.39, 0.29) is 0 Å². The van der Waals surface area contributed by atoms with Gasteiger partial charge >= 0.3 is 0 Å². The summed E-state index contributed by atoms with van der Waals surface area (Å²) in [5.41, 5.74) is 1.49. The van der Waals surface area contributed by atoms with E-state index in [1.807, 2.05) is 17.8 Å². The van der Waals surface area contributed by atoms with E-state index in [4.69, 9.17) is 4.74 Å². The monoisotopic (exact) mass is 279 g/mol. The van der Waals surface area contributed by atoms with E-state index in [9.17, 15) is 0 Å². The van der Waals surface area contributed by atoms with Crippen molar-refractivity contribution in [3.63, 3.8) is 0 Å². The Bertz CT molecular complexity index is 405. The molecule has 0 radical (unpaired) electrons. The van der Waals surface area contributed by atoms with Crippen molar-refractivity contribution in [1.29, 1.82) is 0 Å². The smallest absolute Gasteiger partial charge is 0.142 e. The first-order valence-corrected chi connectivity index (χ1v) is 8.35. The third kappa shape index (κ3) is 3.82. The first-order valence-electron chi connectivity index (χ1n) is 7.19. The number of hydrogen-bond acceptors (Lipinski definition) is 3. The summed E-state index contributed by atoms with van der Waals surface area (Å²) in [5.74, 6) is 3.43. The fraction of sp³-hybridized carbons (Fsp3) is 0.625. The molecule has 19 heavy (non-hydrogen) atoms. The fourth-order valence-electron chi connectivity index (χ4n) is 2.28. The molecule has 2 rings (SSSR count). The Kier molecular flexibility index (Phi) is 5.03. The van der Waals surface area contributed by atoms with Crippen LogP contribution in [-0.2, 0) is 0 Å². The topological polar surface area (TPSA) is 21.3 Å². The van der Waals surface area contributed by atoms with Crippen LogP contribution in [0, 0.1) is 5.41 Å². The molecule has 0 saturated carbocycles. The van der Waals surface area contributed by atoms with Crippen molar-refractivity contribution in [3.05, 3.63) is 24.3 Å². The third-order valence-corrected chi connectivity index (χ3v) is 4.86. The number of ether oxygens (including phenoxy) is 1. The maximum absolute atomic E-state index is 5.83. The number of hydrogen-bond donors (Lipinski definition) is 1. The third-order valence-electron chi connectivity index (χ3n) is 3.80. The average molecular weight is 279 g/mol. The van der Waals surface area contributed by atoms with Gasteiger partial charge in [-0.1, -0.05) is 32.9 Å². The molecule has 0 spiro atoms. The van der Waals surface area contributed by atoms with Gasteiger partial charge in [0, 0.05) is 11.8 Å². The molecule has 1 aliphatic heterocycles. The van der Waals surface area contributed by atoms with Crippen LogP contribution in [0.25, 0.3) is 0 Å². The highest BCUT2D eigenvalue weighted by Crippen LogP contribution is 2.37. The molecular weight excluding hydrogens is 254 g/mol. The van der Waals surface area contributed by atoms with Gasteiger partial charge in [0.15, 0.2) is 0 Å². The standard InChI is InChI=1S/C16H25NOS/c1-4-10-18-14-8-6-5-7-13(14)17-15-12-19-11-9-16(15,2)3/h5-8,15,17H,4,9-12H2,1-3H3. The molecule has 106 valence electrons. The Morgan fingerprint density at radius 3 is 2.89 bits per heavy atom. The van der Waals surface area contributed by atoms with Gasteiger partial charge in [0.2, 0.25) is 0 Å². The van der Waals surface area contributed by atoms with Gasteiger partial charge in [-0.25, -0.2) is 0 Å². The normalized spacial score (nSPS) is 21.9. The second-order valence-corrected chi connectivity index (χ2v) is 7.00. The van der Waals surface area contributed by atoms with Crippen molar-refractivity contribution in [1.82, 2.24) is 0 Å². The van der Waals surface area contributed by atoms with Crippen LogP contribution >= 0.6 is 11.8 Å². The van der Waals surface area contributed by atoms with Crippen LogP contribution < -0.4 is 10.1 Å². The molecule has 0 bridgehead atoms. The highest BCUT2D eigenvalue weighted by molar-refractivity contribution is 7.99. The zero-order valence-corrected chi connectivity index (χ0v) is 13.1. The van der Waals surface area contributed by atoms with Gasteiger partial charge in [0.25, 0.3) is 0 Å². The van der Waals surface area contributed by atoms with E-state index in [1.54, 1.807) is 0 Å². The number of anilines is 1. The van der Waals surface area contributed by atoms with Gasteiger partial charge < -0.3 is 10.1 Å². The van der Waals surface area contributed by atoms with E-state index >= 15 is 0 Å². The molecule has 1 fully saturated rings. The van der Waals surface area contributed by atoms with Crippen LogP contribution in [0.15, 0.2) is 24.3 Å². The quantitative estimate of drug-likeness (QED) is 0.862. The number of rotatable bonds is 5. The SMILES string of the molecule is CCCOc1ccccc1NC1CSCCC1(C)C. The van der Waals surface area contributed by atoms with Crippen molar-refractivity contribution in [2.75, 3.05) is 23.4 Å². The number of benzene rings is 1. The highest BCUT2D eigenvalue weighted by Gasteiger charge is 2.32. The van der Waals surface area contributed by atoms with Crippen LogP contribution in [0.3, 0.4) is 0 Å². The van der Waals surface area contributed by atoms with E-state index in [0.29, 0.717) is 11.5 Å². The zero-order valence-electron chi connectivity index (χ0n) is 12.2. The van der Waals surface area contributed by atoms with E-state index < -0.39 is 0 Å². The molecule has 3 heteroatoms. The van der Waals surface area contributed by atoms with Crippen molar-refractivity contribution < 1.29 is 4.74 Å². The molecule has 1 aliphatic rings. The molecule has 2 nitrogen and oxygen atoms in total. The van der Waals surface area contributed by atoms with E-state index in [1.165, 1.54) is 17.9 Å². The van der Waals surface area contributed by atoms with Gasteiger partial charge in [0.05, 0.1) is 12.3 Å². The van der Waals surface area contributed by atoms with Crippen molar-refractivity contribution in [2.45, 2.75) is 39.7 Å². The van der Waals surface area contributed by atoms with Crippen molar-refractivity contribution >= 4 is 17.4 Å². The van der Waals surface area contributed by atoms with Gasteiger partial charge in [-0.3, -0.25) is 0 Å². The zero-order chi connectivity index (χ0) is 13.7. The lowest BCUT2D eigenvalue weighted by Crippen LogP contribution is -2.41. The molecule has 1 aromatic rings. The minimum absolute atomic E-state index is 0.350. The van der Waals surface area contributed by atoms with Crippen LogP contribution in [0.5, 0.6) is 5.75 Å². The van der Waals surface area contributed by atoms with Gasteiger partial charge in [0.1, 0.15) is 5.75 Å². The first kappa shape index (κ1) is 14.6. The molecule has 1 N–H and O–H groups in total. The van der Waals surface area contributed by atoms with E-state index in [2.05, 4.69) is 44.3 Å². The first-order chi connectivity index (χ1) is 9.13. The molecule has 0 amide bonds. The second kappa shape index (κ2) is 6.56. The largest absolute Gasteiger partial charge is 0.491 e. The highest BCUT2D eigenvalue weighted by atomic mass is 32.2. The van der Waals surface area contributed by atoms with Gasteiger partial charge in [-0.05, 0) is 36.1 Å². The molecule has 1 saturated heterocycles. The van der Waals surface area contributed by atoms with Crippen molar-refractivity contribution in [2.24, 2.45) is 5.41 Å². The fourth-order valence-corrected chi connectivity index (χ4v) is 3.89. The minimum Gasteiger partial charge on any atom is -0.491 e. The lowest BCUT2D eigenvalue weighted by atomic mass is 9.82. The summed E-state index contributed by atoms with van der Waals surface area (Å²) in [5, 5.41) is 3.70. The summed E-state index contributed by atoms with van der Waals surface area (Å²) in [6, 6.07) is 8.81. The Morgan fingerprint density at radius 2 is 2.16 bits per heavy atom. The summed E-state index contributed by atoms with van der Waals surface area (Å²) >= 11 is 2.04. The van der Waals surface area contributed by atoms with Gasteiger partial charge in [-0.15, -0.1) is 0 Å². The maximum Gasteiger partial charge on any atom is 0.142 e. The maximum atomic E-state index is 5.83. The summed E-state index contributed by atoms with van der Waals surface area (Å²) in [7, 11) is 0. The number of nitrogens with one attached hydrogen (secondary N) is 1. The van der Waals surface area contributed by atoms with Crippen LogP contribution in [-0.4, -0.2) is 24.2 Å². The summed E-state index contributed by atoms with van der Waals surface area (Å²) < 4.78 is 5.83. The van der Waals surface area contributed by atoms with Gasteiger partial charge in [-0.2, -0.15) is 11.8 Å². The molecular formula is C16H25NOS. The van der Waals surface area contributed by atoms with Crippen LogP contribution in [0.1, 0.15) is 33.6 Å². The molecule has 1 aromatic carbocycles. The minimum atomic E-state index is 0.350. The summed E-state index contributed by atoms with van der Waals surface area (Å²) in [6.45, 7) is 7.64. The average Bonchev–Trinajstić information content (AvgIpc) is 2.40. The molecule has 1 atom stereocenters. The van der Waals surface area contributed by atoms with Crippen molar-refractivity contribution in [3.8, 4) is 5.75 Å². The molecule has 1 heterocycles. The van der Waals surface area contributed by atoms with E-state index in [0.717, 1.165) is 24.5 Å². The predicted octanol–water partition coefficient (Wildman–Crippen LogP) is 4.42. The number of para-hydroxylation sites is 2. The second-order valence-electron chi connectivity index (χ2n) is 5.86. The Balaban J connectivity index is 2.09. The molecule has 0 aliphatic carbocycles. The summed E-state index contributed by atoms with van der Waals surface area (Å²) in [4.78, 5) is 0. The Hall–Kier alpha value is -0.830. The lowest BCUT2D eigenvalue weighted by Gasteiger charge is -2.39. The summed E-state index contributed by atoms with van der Waals surface area (Å²) in [6.07, 6.45) is 2.31. The van der Waals surface area contributed by atoms with Crippen LogP contribution in [0.4, 0.5) is 5.69 Å². The molecule has 1 unspecified atom stereocenters. The Morgan fingerprint density at radius 1 is 1.37 bits per heavy atom. The van der Waals surface area contributed by atoms with Crippen LogP contribution in [0.2, 0.25) is 0 Å². The number of thioether (sulfide) groups is 1. The molecule has 0 aromatic heterocycles. The Labute approximate surface area is 121 Å². The lowest BCUT2D eigenvalue weighted by molar-refractivity contribution is 0.300.